The zero-order valence-corrected chi connectivity index (χ0v) is 11.2. The molecule has 0 unspecified atom stereocenters. The minimum absolute atomic E-state index is 0.689. The Labute approximate surface area is 111 Å². The number of oxazole rings is 1. The quantitative estimate of drug-likeness (QED) is 0.755. The van der Waals surface area contributed by atoms with E-state index in [1.807, 2.05) is 39.0 Å². The maximum Gasteiger partial charge on any atom is 0.192 e. The molecule has 3 rings (SSSR count). The number of aromatic amines is 1. The minimum Gasteiger partial charge on any atom is -0.441 e. The lowest BCUT2D eigenvalue weighted by Crippen LogP contribution is -2.01. The molecule has 0 radical (unpaired) electrons. The van der Waals surface area contributed by atoms with Gasteiger partial charge in [0.05, 0.1) is 5.69 Å². The Hall–Kier alpha value is -2.30. The van der Waals surface area contributed by atoms with Crippen LogP contribution in [0.4, 0.5) is 5.69 Å². The van der Waals surface area contributed by atoms with E-state index in [9.17, 15) is 0 Å². The molecule has 2 heterocycles. The molecule has 5 heteroatoms. The average molecular weight is 256 g/mol. The first kappa shape index (κ1) is 11.8. The standard InChI is InChI=1S/C14H16N4O/c1-8-12(9(2)18-17-8)7-15-11-4-5-14-13(6-11)16-10(3)19-14/h4-6,15H,7H2,1-3H3,(H,17,18). The summed E-state index contributed by atoms with van der Waals surface area (Å²) in [6, 6.07) is 5.93. The van der Waals surface area contributed by atoms with Gasteiger partial charge in [0.2, 0.25) is 0 Å². The molecule has 2 N–H and O–H groups in total. The SMILES string of the molecule is Cc1nc2cc(NCc3c(C)n[nH]c3C)ccc2o1. The normalized spacial score (nSPS) is 11.1. The fourth-order valence-corrected chi connectivity index (χ4v) is 2.18. The van der Waals surface area contributed by atoms with E-state index in [0.717, 1.165) is 34.7 Å². The summed E-state index contributed by atoms with van der Waals surface area (Å²) in [6.07, 6.45) is 0. The van der Waals surface area contributed by atoms with Crippen LogP contribution in [0.15, 0.2) is 22.6 Å². The monoisotopic (exact) mass is 256 g/mol. The zero-order chi connectivity index (χ0) is 13.4. The van der Waals surface area contributed by atoms with Crippen LogP contribution in [0.1, 0.15) is 22.8 Å². The number of hydrogen-bond acceptors (Lipinski definition) is 4. The Morgan fingerprint density at radius 3 is 2.84 bits per heavy atom. The zero-order valence-electron chi connectivity index (χ0n) is 11.2. The van der Waals surface area contributed by atoms with Gasteiger partial charge >= 0.3 is 0 Å². The van der Waals surface area contributed by atoms with Gasteiger partial charge in [-0.1, -0.05) is 0 Å². The number of H-pyrrole nitrogens is 1. The van der Waals surface area contributed by atoms with Crippen LogP contribution in [0.5, 0.6) is 0 Å². The second-order valence-electron chi connectivity index (χ2n) is 4.68. The third-order valence-electron chi connectivity index (χ3n) is 3.24. The summed E-state index contributed by atoms with van der Waals surface area (Å²) in [7, 11) is 0. The number of nitrogens with zero attached hydrogens (tertiary/aromatic N) is 2. The fourth-order valence-electron chi connectivity index (χ4n) is 2.18. The van der Waals surface area contributed by atoms with Crippen LogP contribution in [0.25, 0.3) is 11.1 Å². The summed E-state index contributed by atoms with van der Waals surface area (Å²) in [5.74, 6) is 0.689. The van der Waals surface area contributed by atoms with Crippen molar-refractivity contribution in [1.82, 2.24) is 15.2 Å². The fraction of sp³-hybridized carbons (Fsp3) is 0.286. The first-order chi connectivity index (χ1) is 9.13. The van der Waals surface area contributed by atoms with Crippen LogP contribution in [-0.4, -0.2) is 15.2 Å². The van der Waals surface area contributed by atoms with Crippen molar-refractivity contribution in [1.29, 1.82) is 0 Å². The van der Waals surface area contributed by atoms with Crippen molar-refractivity contribution in [3.8, 4) is 0 Å². The number of hydrogen-bond donors (Lipinski definition) is 2. The summed E-state index contributed by atoms with van der Waals surface area (Å²) in [5.41, 5.74) is 6.06. The molecule has 0 atom stereocenters. The second-order valence-corrected chi connectivity index (χ2v) is 4.68. The van der Waals surface area contributed by atoms with E-state index in [-0.39, 0.29) is 0 Å². The van der Waals surface area contributed by atoms with Crippen LogP contribution in [0, 0.1) is 20.8 Å². The van der Waals surface area contributed by atoms with Crippen molar-refractivity contribution < 1.29 is 4.42 Å². The number of nitrogens with one attached hydrogen (secondary N) is 2. The molecule has 0 spiro atoms. The minimum atomic E-state index is 0.689. The molecule has 0 aliphatic rings. The lowest BCUT2D eigenvalue weighted by molar-refractivity contribution is 0.561. The van der Waals surface area contributed by atoms with E-state index in [0.29, 0.717) is 5.89 Å². The molecule has 0 fully saturated rings. The Morgan fingerprint density at radius 1 is 1.26 bits per heavy atom. The first-order valence-electron chi connectivity index (χ1n) is 6.25. The topological polar surface area (TPSA) is 66.7 Å². The van der Waals surface area contributed by atoms with Crippen molar-refractivity contribution in [2.75, 3.05) is 5.32 Å². The number of aromatic nitrogens is 3. The third-order valence-corrected chi connectivity index (χ3v) is 3.24. The Balaban J connectivity index is 1.81. The second kappa shape index (κ2) is 4.42. The van der Waals surface area contributed by atoms with E-state index in [4.69, 9.17) is 4.42 Å². The molecule has 0 aliphatic heterocycles. The molecule has 19 heavy (non-hydrogen) atoms. The maximum atomic E-state index is 5.46. The van der Waals surface area contributed by atoms with Gasteiger partial charge in [-0.2, -0.15) is 5.10 Å². The first-order valence-corrected chi connectivity index (χ1v) is 6.25. The van der Waals surface area contributed by atoms with Gasteiger partial charge in [0.25, 0.3) is 0 Å². The summed E-state index contributed by atoms with van der Waals surface area (Å²) >= 11 is 0. The maximum absolute atomic E-state index is 5.46. The van der Waals surface area contributed by atoms with E-state index < -0.39 is 0 Å². The van der Waals surface area contributed by atoms with Crippen molar-refractivity contribution >= 4 is 16.8 Å². The van der Waals surface area contributed by atoms with Gasteiger partial charge in [-0.15, -0.1) is 0 Å². The molecule has 0 saturated heterocycles. The molecule has 0 bridgehead atoms. The van der Waals surface area contributed by atoms with Crippen molar-refractivity contribution in [2.45, 2.75) is 27.3 Å². The van der Waals surface area contributed by atoms with Gasteiger partial charge in [-0.05, 0) is 32.0 Å². The Kier molecular flexibility index (Phi) is 2.74. The van der Waals surface area contributed by atoms with Crippen LogP contribution in [0.2, 0.25) is 0 Å². The van der Waals surface area contributed by atoms with Crippen molar-refractivity contribution in [3.63, 3.8) is 0 Å². The van der Waals surface area contributed by atoms with Gasteiger partial charge in [0.1, 0.15) is 5.52 Å². The van der Waals surface area contributed by atoms with E-state index >= 15 is 0 Å². The molecule has 2 aromatic heterocycles. The molecule has 0 amide bonds. The largest absolute Gasteiger partial charge is 0.441 e. The highest BCUT2D eigenvalue weighted by atomic mass is 16.3. The van der Waals surface area contributed by atoms with Crippen LogP contribution in [-0.2, 0) is 6.54 Å². The van der Waals surface area contributed by atoms with Gasteiger partial charge in [0, 0.05) is 30.4 Å². The lowest BCUT2D eigenvalue weighted by Gasteiger charge is -2.06. The predicted molar refractivity (Wildman–Crippen MR) is 74.1 cm³/mol. The number of fused-ring (bicyclic) bond motifs is 1. The van der Waals surface area contributed by atoms with Gasteiger partial charge in [0.15, 0.2) is 11.5 Å². The summed E-state index contributed by atoms with van der Waals surface area (Å²) < 4.78 is 5.46. The lowest BCUT2D eigenvalue weighted by atomic mass is 10.2. The number of benzene rings is 1. The predicted octanol–water partition coefficient (Wildman–Crippen LogP) is 3.09. The molecule has 0 aliphatic carbocycles. The van der Waals surface area contributed by atoms with Crippen molar-refractivity contribution in [2.24, 2.45) is 0 Å². The van der Waals surface area contributed by atoms with Crippen molar-refractivity contribution in [3.05, 3.63) is 41.0 Å². The molecule has 98 valence electrons. The smallest absolute Gasteiger partial charge is 0.192 e. The molecular formula is C14H16N4O. The van der Waals surface area contributed by atoms with E-state index in [1.165, 1.54) is 5.56 Å². The molecule has 0 saturated carbocycles. The molecule has 3 aromatic rings. The van der Waals surface area contributed by atoms with Crippen LogP contribution < -0.4 is 5.32 Å². The highest BCUT2D eigenvalue weighted by Crippen LogP contribution is 2.20. The van der Waals surface area contributed by atoms with E-state index in [2.05, 4.69) is 20.5 Å². The molecule has 5 nitrogen and oxygen atoms in total. The molecular weight excluding hydrogens is 240 g/mol. The Morgan fingerprint density at radius 2 is 2.11 bits per heavy atom. The highest BCUT2D eigenvalue weighted by molar-refractivity contribution is 5.77. The van der Waals surface area contributed by atoms with Gasteiger partial charge < -0.3 is 9.73 Å². The van der Waals surface area contributed by atoms with Gasteiger partial charge in [-0.25, -0.2) is 4.98 Å². The Bertz CT molecular complexity index is 707. The third kappa shape index (κ3) is 2.19. The average Bonchev–Trinajstić information content (AvgIpc) is 2.89. The van der Waals surface area contributed by atoms with Crippen LogP contribution >= 0.6 is 0 Å². The highest BCUT2D eigenvalue weighted by Gasteiger charge is 2.07. The summed E-state index contributed by atoms with van der Waals surface area (Å²) in [5, 5.41) is 10.6. The summed E-state index contributed by atoms with van der Waals surface area (Å²) in [6.45, 7) is 6.63. The molecule has 1 aromatic carbocycles. The number of aryl methyl sites for hydroxylation is 3. The number of anilines is 1. The number of rotatable bonds is 3. The van der Waals surface area contributed by atoms with Gasteiger partial charge in [-0.3, -0.25) is 5.10 Å². The summed E-state index contributed by atoms with van der Waals surface area (Å²) in [4.78, 5) is 4.33. The van der Waals surface area contributed by atoms with Crippen LogP contribution in [0.3, 0.4) is 0 Å². The van der Waals surface area contributed by atoms with E-state index in [1.54, 1.807) is 0 Å².